The van der Waals surface area contributed by atoms with E-state index in [0.717, 1.165) is 11.3 Å². The van der Waals surface area contributed by atoms with Gasteiger partial charge in [0.05, 0.1) is 26.5 Å². The Balaban J connectivity index is 2.53. The van der Waals surface area contributed by atoms with Gasteiger partial charge in [-0.15, -0.1) is 0 Å². The number of rotatable bonds is 3. The Kier molecular flexibility index (Phi) is 4.57. The van der Waals surface area contributed by atoms with Gasteiger partial charge in [0.25, 0.3) is 0 Å². The Hall–Kier alpha value is -1.95. The molecule has 2 unspecified atom stereocenters. The van der Waals surface area contributed by atoms with Crippen LogP contribution in [0.15, 0.2) is 12.1 Å². The summed E-state index contributed by atoms with van der Waals surface area (Å²) in [5.74, 6) is 1.16. The summed E-state index contributed by atoms with van der Waals surface area (Å²) in [6.45, 7) is 4.07. The van der Waals surface area contributed by atoms with Crippen LogP contribution in [-0.2, 0) is 4.74 Å². The zero-order valence-electron chi connectivity index (χ0n) is 12.9. The molecule has 0 saturated carbocycles. The molecule has 1 aromatic rings. The van der Waals surface area contributed by atoms with Gasteiger partial charge in [-0.05, 0) is 31.9 Å². The van der Waals surface area contributed by atoms with Crippen LogP contribution in [0.2, 0.25) is 0 Å². The summed E-state index contributed by atoms with van der Waals surface area (Å²) in [4.78, 5) is 13.9. The third kappa shape index (κ3) is 2.76. The molecule has 21 heavy (non-hydrogen) atoms. The van der Waals surface area contributed by atoms with E-state index in [0.29, 0.717) is 24.5 Å². The second-order valence-electron chi connectivity index (χ2n) is 5.03. The van der Waals surface area contributed by atoms with Gasteiger partial charge < -0.3 is 19.9 Å². The van der Waals surface area contributed by atoms with E-state index in [1.54, 1.807) is 32.1 Å². The minimum absolute atomic E-state index is 0.0374. The number of fused-ring (bicyclic) bond motifs is 1. The molecule has 1 aromatic carbocycles. The third-order valence-electron chi connectivity index (χ3n) is 3.69. The van der Waals surface area contributed by atoms with Crippen LogP contribution in [0.25, 0.3) is 0 Å². The second kappa shape index (κ2) is 6.22. The molecule has 0 aliphatic carbocycles. The van der Waals surface area contributed by atoms with E-state index in [-0.39, 0.29) is 18.2 Å². The number of amides is 1. The zero-order chi connectivity index (χ0) is 15.6. The van der Waals surface area contributed by atoms with E-state index in [2.05, 4.69) is 0 Å². The number of nitrogens with zero attached hydrogens (tertiary/aromatic N) is 1. The van der Waals surface area contributed by atoms with Crippen molar-refractivity contribution in [3.63, 3.8) is 0 Å². The molecule has 0 radical (unpaired) electrons. The zero-order valence-corrected chi connectivity index (χ0v) is 12.9. The molecule has 116 valence electrons. The van der Waals surface area contributed by atoms with Gasteiger partial charge >= 0.3 is 6.09 Å². The van der Waals surface area contributed by atoms with Gasteiger partial charge in [0.1, 0.15) is 0 Å². The molecule has 0 saturated heterocycles. The molecule has 0 aromatic heterocycles. The summed E-state index contributed by atoms with van der Waals surface area (Å²) < 4.78 is 15.8. The first-order valence-corrected chi connectivity index (χ1v) is 7.00. The predicted molar refractivity (Wildman–Crippen MR) is 80.1 cm³/mol. The lowest BCUT2D eigenvalue weighted by atomic mass is 9.92. The Morgan fingerprint density at radius 3 is 2.52 bits per heavy atom. The summed E-state index contributed by atoms with van der Waals surface area (Å²) >= 11 is 0. The average Bonchev–Trinajstić information content (AvgIpc) is 2.46. The minimum Gasteiger partial charge on any atom is -0.493 e. The van der Waals surface area contributed by atoms with Crippen molar-refractivity contribution in [3.8, 4) is 11.5 Å². The van der Waals surface area contributed by atoms with E-state index in [1.807, 2.05) is 13.0 Å². The van der Waals surface area contributed by atoms with Crippen LogP contribution in [0, 0.1) is 0 Å². The smallest absolute Gasteiger partial charge is 0.414 e. The normalized spacial score (nSPS) is 20.7. The van der Waals surface area contributed by atoms with Crippen LogP contribution in [0.5, 0.6) is 11.5 Å². The fourth-order valence-corrected chi connectivity index (χ4v) is 2.70. The molecular formula is C15H22N2O4. The average molecular weight is 294 g/mol. The standard InChI is InChI=1S/C15H22N2O4/c1-5-21-15(18)17-9(2)6-11(16)10-7-13(19-3)14(20-4)8-12(10)17/h7-9,11H,5-6,16H2,1-4H3. The Bertz CT molecular complexity index is 533. The van der Waals surface area contributed by atoms with Crippen LogP contribution in [0.3, 0.4) is 0 Å². The van der Waals surface area contributed by atoms with Gasteiger partial charge in [-0.3, -0.25) is 4.90 Å². The number of hydrogen-bond donors (Lipinski definition) is 1. The maximum Gasteiger partial charge on any atom is 0.414 e. The first-order valence-electron chi connectivity index (χ1n) is 7.00. The fourth-order valence-electron chi connectivity index (χ4n) is 2.70. The Labute approximate surface area is 124 Å². The first kappa shape index (κ1) is 15.4. The van der Waals surface area contributed by atoms with E-state index in [9.17, 15) is 4.79 Å². The molecule has 2 rings (SSSR count). The van der Waals surface area contributed by atoms with Crippen molar-refractivity contribution >= 4 is 11.8 Å². The topological polar surface area (TPSA) is 74.0 Å². The number of anilines is 1. The van der Waals surface area contributed by atoms with Crippen LogP contribution < -0.4 is 20.1 Å². The molecule has 6 nitrogen and oxygen atoms in total. The van der Waals surface area contributed by atoms with Crippen molar-refractivity contribution in [2.75, 3.05) is 25.7 Å². The van der Waals surface area contributed by atoms with E-state index >= 15 is 0 Å². The summed E-state index contributed by atoms with van der Waals surface area (Å²) in [5.41, 5.74) is 7.79. The fraction of sp³-hybridized carbons (Fsp3) is 0.533. The highest BCUT2D eigenvalue weighted by Crippen LogP contribution is 2.42. The Morgan fingerprint density at radius 2 is 1.95 bits per heavy atom. The van der Waals surface area contributed by atoms with Crippen molar-refractivity contribution in [1.29, 1.82) is 0 Å². The summed E-state index contributed by atoms with van der Waals surface area (Å²) in [6, 6.07) is 3.42. The maximum absolute atomic E-state index is 12.2. The van der Waals surface area contributed by atoms with Crippen molar-refractivity contribution in [1.82, 2.24) is 0 Å². The van der Waals surface area contributed by atoms with Crippen molar-refractivity contribution in [2.24, 2.45) is 5.73 Å². The van der Waals surface area contributed by atoms with Crippen LogP contribution in [-0.4, -0.2) is 33.0 Å². The third-order valence-corrected chi connectivity index (χ3v) is 3.69. The quantitative estimate of drug-likeness (QED) is 0.927. The number of methoxy groups -OCH3 is 2. The van der Waals surface area contributed by atoms with Crippen molar-refractivity contribution in [2.45, 2.75) is 32.4 Å². The highest BCUT2D eigenvalue weighted by Gasteiger charge is 2.34. The lowest BCUT2D eigenvalue weighted by molar-refractivity contribution is 0.156. The molecule has 2 atom stereocenters. The van der Waals surface area contributed by atoms with Gasteiger partial charge in [-0.2, -0.15) is 0 Å². The van der Waals surface area contributed by atoms with E-state index < -0.39 is 0 Å². The van der Waals surface area contributed by atoms with Gasteiger partial charge in [-0.25, -0.2) is 4.79 Å². The van der Waals surface area contributed by atoms with Crippen LogP contribution >= 0.6 is 0 Å². The monoisotopic (exact) mass is 294 g/mol. The molecule has 0 fully saturated rings. The summed E-state index contributed by atoms with van der Waals surface area (Å²) in [5, 5.41) is 0. The van der Waals surface area contributed by atoms with Crippen LogP contribution in [0.1, 0.15) is 31.9 Å². The first-order chi connectivity index (χ1) is 10.0. The molecule has 1 amide bonds. The molecule has 0 spiro atoms. The minimum atomic E-state index is -0.370. The van der Waals surface area contributed by atoms with Crippen molar-refractivity contribution in [3.05, 3.63) is 17.7 Å². The number of ether oxygens (including phenoxy) is 3. The van der Waals surface area contributed by atoms with Gasteiger partial charge in [0.2, 0.25) is 0 Å². The SMILES string of the molecule is CCOC(=O)N1c2cc(OC)c(OC)cc2C(N)CC1C. The van der Waals surface area contributed by atoms with Gasteiger partial charge in [0, 0.05) is 18.2 Å². The summed E-state index contributed by atoms with van der Waals surface area (Å²) in [6.07, 6.45) is 0.298. The number of nitrogens with two attached hydrogens (primary N) is 1. The lowest BCUT2D eigenvalue weighted by Crippen LogP contribution is -2.44. The molecule has 1 aliphatic rings. The van der Waals surface area contributed by atoms with E-state index in [1.165, 1.54) is 0 Å². The molecule has 6 heteroatoms. The molecule has 1 heterocycles. The van der Waals surface area contributed by atoms with E-state index in [4.69, 9.17) is 19.9 Å². The Morgan fingerprint density at radius 1 is 1.33 bits per heavy atom. The molecular weight excluding hydrogens is 272 g/mol. The number of carbonyl (C=O) groups excluding carboxylic acids is 1. The highest BCUT2D eigenvalue weighted by molar-refractivity contribution is 5.91. The summed E-state index contributed by atoms with van der Waals surface area (Å²) in [7, 11) is 3.13. The largest absolute Gasteiger partial charge is 0.493 e. The molecule has 2 N–H and O–H groups in total. The van der Waals surface area contributed by atoms with Gasteiger partial charge in [0.15, 0.2) is 11.5 Å². The van der Waals surface area contributed by atoms with Crippen LogP contribution in [0.4, 0.5) is 10.5 Å². The predicted octanol–water partition coefficient (Wildman–Crippen LogP) is 2.46. The highest BCUT2D eigenvalue weighted by atomic mass is 16.6. The maximum atomic E-state index is 12.2. The molecule has 1 aliphatic heterocycles. The number of carbonyl (C=O) groups is 1. The van der Waals surface area contributed by atoms with Gasteiger partial charge in [-0.1, -0.05) is 0 Å². The molecule has 0 bridgehead atoms. The van der Waals surface area contributed by atoms with Crippen molar-refractivity contribution < 1.29 is 19.0 Å². The number of benzene rings is 1. The second-order valence-corrected chi connectivity index (χ2v) is 5.03. The number of hydrogen-bond acceptors (Lipinski definition) is 5. The lowest BCUT2D eigenvalue weighted by Gasteiger charge is -2.37.